The average Bonchev–Trinajstić information content (AvgIpc) is 3.42. The average molecular weight is 933 g/mol. The van der Waals surface area contributed by atoms with Crippen LogP contribution in [0.3, 0.4) is 0 Å². The molecule has 13 aromatic carbocycles. The lowest BCUT2D eigenvalue weighted by atomic mass is 9.32. The van der Waals surface area contributed by atoms with Gasteiger partial charge in [0.25, 0.3) is 6.71 Å². The molecule has 0 bridgehead atoms. The zero-order valence-corrected chi connectivity index (χ0v) is 42.2. The molecule has 13 aromatic rings. The Morgan fingerprint density at radius 1 is 0.288 bits per heavy atom. The SMILES string of the molecule is CC(C)(C)c1cc2c(c3ccccc13)N(c1ccc3c4ccccc4c4ccccc4c3c1)c1cccc3c1B2c1cc(C(C)(C)C)c2ccccc2c1N3c1cccc2c3ccccc3c3ccccc3c12. The molecule has 73 heavy (non-hydrogen) atoms. The van der Waals surface area contributed by atoms with Gasteiger partial charge in [0, 0.05) is 44.6 Å². The first-order valence-electron chi connectivity index (χ1n) is 26.1. The van der Waals surface area contributed by atoms with Crippen LogP contribution >= 0.6 is 0 Å². The summed E-state index contributed by atoms with van der Waals surface area (Å²) in [4.78, 5) is 5.32. The fraction of sp³-hybridized carbons (Fsp3) is 0.114. The van der Waals surface area contributed by atoms with Crippen LogP contribution in [0.25, 0.3) is 86.2 Å². The summed E-state index contributed by atoms with van der Waals surface area (Å²) in [6, 6.07) is 81.0. The molecule has 0 saturated carbocycles. The predicted molar refractivity (Wildman–Crippen MR) is 318 cm³/mol. The van der Waals surface area contributed by atoms with E-state index in [9.17, 15) is 0 Å². The highest BCUT2D eigenvalue weighted by Gasteiger charge is 2.46. The molecule has 2 aliphatic heterocycles. The summed E-state index contributed by atoms with van der Waals surface area (Å²) < 4.78 is 0. The monoisotopic (exact) mass is 932 g/mol. The van der Waals surface area contributed by atoms with Crippen molar-refractivity contribution in [1.82, 2.24) is 0 Å². The normalized spacial score (nSPS) is 13.5. The Morgan fingerprint density at radius 2 is 0.630 bits per heavy atom. The van der Waals surface area contributed by atoms with Crippen molar-refractivity contribution in [2.24, 2.45) is 0 Å². The van der Waals surface area contributed by atoms with Crippen LogP contribution in [0, 0.1) is 0 Å². The van der Waals surface area contributed by atoms with E-state index in [1.807, 2.05) is 0 Å². The molecule has 15 rings (SSSR count). The number of anilines is 6. The predicted octanol–water partition coefficient (Wildman–Crippen LogP) is 17.6. The van der Waals surface area contributed by atoms with E-state index < -0.39 is 0 Å². The van der Waals surface area contributed by atoms with Crippen LogP contribution in [0.1, 0.15) is 52.7 Å². The zero-order valence-electron chi connectivity index (χ0n) is 42.2. The first-order valence-corrected chi connectivity index (χ1v) is 26.1. The van der Waals surface area contributed by atoms with Gasteiger partial charge in [-0.25, -0.2) is 0 Å². The second-order valence-corrected chi connectivity index (χ2v) is 22.7. The number of benzene rings is 13. The lowest BCUT2D eigenvalue weighted by Gasteiger charge is -2.46. The number of fused-ring (bicyclic) bond motifs is 20. The summed E-state index contributed by atoms with van der Waals surface area (Å²) in [5.41, 5.74) is 13.8. The van der Waals surface area contributed by atoms with Crippen LogP contribution in [0.2, 0.25) is 0 Å². The molecule has 0 aromatic heterocycles. The Kier molecular flexibility index (Phi) is 8.73. The minimum absolute atomic E-state index is 0.0714. The number of nitrogens with zero attached hydrogens (tertiary/aromatic N) is 2. The molecule has 2 aliphatic rings. The van der Waals surface area contributed by atoms with Crippen molar-refractivity contribution in [1.29, 1.82) is 0 Å². The first kappa shape index (κ1) is 42.3. The minimum atomic E-state index is -0.130. The van der Waals surface area contributed by atoms with Gasteiger partial charge < -0.3 is 9.80 Å². The highest BCUT2D eigenvalue weighted by Crippen LogP contribution is 2.52. The molecule has 346 valence electrons. The third kappa shape index (κ3) is 5.88. The number of rotatable bonds is 2. The Labute approximate surface area is 426 Å². The van der Waals surface area contributed by atoms with E-state index in [0.717, 1.165) is 5.69 Å². The molecular formula is C70H53BN2. The fourth-order valence-corrected chi connectivity index (χ4v) is 13.6. The number of hydrogen-bond donors (Lipinski definition) is 0. The van der Waals surface area contributed by atoms with Crippen LogP contribution in [-0.2, 0) is 10.8 Å². The fourth-order valence-electron chi connectivity index (χ4n) is 13.6. The van der Waals surface area contributed by atoms with Gasteiger partial charge in [0.1, 0.15) is 0 Å². The van der Waals surface area contributed by atoms with Gasteiger partial charge in [0.05, 0.1) is 5.69 Å². The molecular weight excluding hydrogens is 880 g/mol. The maximum Gasteiger partial charge on any atom is 0.252 e. The van der Waals surface area contributed by atoms with Gasteiger partial charge in [0.2, 0.25) is 0 Å². The maximum atomic E-state index is 2.68. The van der Waals surface area contributed by atoms with Gasteiger partial charge in [-0.3, -0.25) is 0 Å². The molecule has 0 N–H and O–H groups in total. The number of hydrogen-bond acceptors (Lipinski definition) is 2. The molecule has 0 fully saturated rings. The topological polar surface area (TPSA) is 6.48 Å². The van der Waals surface area contributed by atoms with Crippen molar-refractivity contribution in [3.8, 4) is 0 Å². The highest BCUT2D eigenvalue weighted by atomic mass is 15.2. The standard InChI is InChI=1S/C70H53BN2/c1-69(2,3)58-40-60-67(55-31-17-14-28-51(55)58)72(42-37-38-50-45-23-8-7-21-43(45)44-22-10-12-27-49(44)57(50)39-42)63-35-20-36-64-66(63)71(60)61-41-59(70(4,5)6)52-29-15-18-32-56(52)68(61)73(64)62-34-19-33-54-48-25-11-9-24-46(48)47-26-13-16-30-53(47)65(54)62/h7-41H,1-6H3. The molecule has 0 spiro atoms. The first-order chi connectivity index (χ1) is 35.5. The van der Waals surface area contributed by atoms with Crippen LogP contribution in [0.5, 0.6) is 0 Å². The van der Waals surface area contributed by atoms with Crippen molar-refractivity contribution >= 4 is 143 Å². The Bertz CT molecular complexity index is 4470. The van der Waals surface area contributed by atoms with E-state index in [2.05, 4.69) is 264 Å². The molecule has 2 nitrogen and oxygen atoms in total. The molecule has 0 unspecified atom stereocenters. The second-order valence-electron chi connectivity index (χ2n) is 22.7. The van der Waals surface area contributed by atoms with Crippen molar-refractivity contribution in [3.63, 3.8) is 0 Å². The van der Waals surface area contributed by atoms with Crippen LogP contribution in [0.4, 0.5) is 34.1 Å². The molecule has 2 heterocycles. The summed E-state index contributed by atoms with van der Waals surface area (Å²) in [7, 11) is 0. The molecule has 0 radical (unpaired) electrons. The summed E-state index contributed by atoms with van der Waals surface area (Å²) in [6.07, 6.45) is 0. The van der Waals surface area contributed by atoms with Crippen molar-refractivity contribution in [3.05, 3.63) is 223 Å². The summed E-state index contributed by atoms with van der Waals surface area (Å²) >= 11 is 0. The van der Waals surface area contributed by atoms with E-state index in [1.54, 1.807) is 0 Å². The van der Waals surface area contributed by atoms with E-state index in [0.29, 0.717) is 0 Å². The van der Waals surface area contributed by atoms with E-state index in [4.69, 9.17) is 0 Å². The Morgan fingerprint density at radius 3 is 1.11 bits per heavy atom. The van der Waals surface area contributed by atoms with Crippen molar-refractivity contribution in [2.45, 2.75) is 52.4 Å². The largest absolute Gasteiger partial charge is 0.311 e. The lowest BCUT2D eigenvalue weighted by molar-refractivity contribution is 0.596. The summed E-state index contributed by atoms with van der Waals surface area (Å²) in [5.74, 6) is 0. The van der Waals surface area contributed by atoms with Crippen LogP contribution < -0.4 is 26.2 Å². The smallest absolute Gasteiger partial charge is 0.252 e. The molecule has 0 saturated heterocycles. The van der Waals surface area contributed by atoms with Gasteiger partial charge in [-0.1, -0.05) is 224 Å². The molecule has 0 amide bonds. The summed E-state index contributed by atoms with van der Waals surface area (Å²) in [5, 5.41) is 20.4. The van der Waals surface area contributed by atoms with E-state index >= 15 is 0 Å². The van der Waals surface area contributed by atoms with Gasteiger partial charge in [-0.2, -0.15) is 0 Å². The second kappa shape index (κ2) is 15.1. The highest BCUT2D eigenvalue weighted by molar-refractivity contribution is 7.01. The van der Waals surface area contributed by atoms with Crippen molar-refractivity contribution in [2.75, 3.05) is 9.80 Å². The molecule has 0 atom stereocenters. The Balaban J connectivity index is 1.13. The maximum absolute atomic E-state index is 2.68. The summed E-state index contributed by atoms with van der Waals surface area (Å²) in [6.45, 7) is 14.2. The quantitative estimate of drug-likeness (QED) is 0.126. The lowest BCUT2D eigenvalue weighted by Crippen LogP contribution is -2.61. The van der Waals surface area contributed by atoms with Gasteiger partial charge in [0.15, 0.2) is 0 Å². The van der Waals surface area contributed by atoms with Gasteiger partial charge in [-0.05, 0) is 139 Å². The van der Waals surface area contributed by atoms with Gasteiger partial charge >= 0.3 is 0 Å². The van der Waals surface area contributed by atoms with Gasteiger partial charge in [-0.15, -0.1) is 0 Å². The van der Waals surface area contributed by atoms with E-state index in [1.165, 1.54) is 142 Å². The van der Waals surface area contributed by atoms with E-state index in [-0.39, 0.29) is 17.5 Å². The van der Waals surface area contributed by atoms with Crippen LogP contribution in [-0.4, -0.2) is 6.71 Å². The third-order valence-corrected chi connectivity index (χ3v) is 16.6. The minimum Gasteiger partial charge on any atom is -0.311 e. The van der Waals surface area contributed by atoms with Crippen molar-refractivity contribution < 1.29 is 0 Å². The zero-order chi connectivity index (χ0) is 49.1. The molecule has 0 aliphatic carbocycles. The third-order valence-electron chi connectivity index (χ3n) is 16.6. The Hall–Kier alpha value is -8.40. The van der Waals surface area contributed by atoms with Crippen LogP contribution in [0.15, 0.2) is 212 Å². The molecule has 3 heteroatoms.